The smallest absolute Gasteiger partial charge is 0.253 e. The van der Waals surface area contributed by atoms with E-state index in [1.807, 2.05) is 30.0 Å². The summed E-state index contributed by atoms with van der Waals surface area (Å²) in [6.07, 6.45) is 4.50. The van der Waals surface area contributed by atoms with Crippen molar-refractivity contribution in [2.24, 2.45) is 5.41 Å². The number of rotatable bonds is 1. The molecule has 0 saturated carbocycles. The molecule has 0 atom stereocenters. The maximum Gasteiger partial charge on any atom is 0.253 e. The lowest BCUT2D eigenvalue weighted by Crippen LogP contribution is -2.45. The van der Waals surface area contributed by atoms with E-state index >= 15 is 0 Å². The third-order valence-electron chi connectivity index (χ3n) is 6.06. The van der Waals surface area contributed by atoms with Crippen molar-refractivity contribution in [2.75, 3.05) is 26.3 Å². The first-order valence-corrected chi connectivity index (χ1v) is 9.31. The van der Waals surface area contributed by atoms with Gasteiger partial charge in [0.05, 0.1) is 5.52 Å². The zero-order chi connectivity index (χ0) is 17.4. The van der Waals surface area contributed by atoms with Crippen molar-refractivity contribution in [1.29, 1.82) is 0 Å². The number of piperidine rings is 1. The molecule has 2 saturated heterocycles. The van der Waals surface area contributed by atoms with Crippen molar-refractivity contribution in [3.05, 3.63) is 41.1 Å². The normalized spacial score (nSPS) is 20.2. The third kappa shape index (κ3) is 3.15. The second-order valence-corrected chi connectivity index (χ2v) is 7.72. The molecule has 2 aliphatic heterocycles. The quantitative estimate of drug-likeness (QED) is 0.792. The number of carbonyl (C=O) groups is 1. The molecule has 132 valence electrons. The van der Waals surface area contributed by atoms with Crippen molar-refractivity contribution in [3.8, 4) is 0 Å². The van der Waals surface area contributed by atoms with Crippen molar-refractivity contribution < 1.29 is 9.53 Å². The molecule has 0 unspecified atom stereocenters. The summed E-state index contributed by atoms with van der Waals surface area (Å²) in [5, 5.41) is 1.13. The lowest BCUT2D eigenvalue weighted by Gasteiger charge is -2.44. The molecule has 4 nitrogen and oxygen atoms in total. The Morgan fingerprint density at radius 3 is 2.52 bits per heavy atom. The Bertz CT molecular complexity index is 799. The van der Waals surface area contributed by atoms with Crippen LogP contribution in [0.5, 0.6) is 0 Å². The standard InChI is InChI=1S/C21H26N2O2/c1-15-13-16(2)22-19-14-17(3-4-18(15)19)20(24)23-9-5-21(6-10-23)7-11-25-12-8-21/h3-4,13-14H,5-12H2,1-2H3. The Balaban J connectivity index is 1.52. The van der Waals surface area contributed by atoms with Crippen LogP contribution >= 0.6 is 0 Å². The summed E-state index contributed by atoms with van der Waals surface area (Å²) in [6, 6.07) is 8.03. The highest BCUT2D eigenvalue weighted by Gasteiger charge is 2.37. The summed E-state index contributed by atoms with van der Waals surface area (Å²) < 4.78 is 5.51. The highest BCUT2D eigenvalue weighted by Crippen LogP contribution is 2.40. The Kier molecular flexibility index (Phi) is 4.24. The van der Waals surface area contributed by atoms with Crippen LogP contribution in [0, 0.1) is 19.3 Å². The summed E-state index contributed by atoms with van der Waals surface area (Å²) in [4.78, 5) is 19.6. The van der Waals surface area contributed by atoms with Crippen LogP contribution < -0.4 is 0 Å². The Morgan fingerprint density at radius 1 is 1.08 bits per heavy atom. The number of benzene rings is 1. The number of nitrogens with zero attached hydrogens (tertiary/aromatic N) is 2. The van der Waals surface area contributed by atoms with Crippen molar-refractivity contribution >= 4 is 16.8 Å². The van der Waals surface area contributed by atoms with Crippen LogP contribution in [0.1, 0.15) is 47.3 Å². The monoisotopic (exact) mass is 338 g/mol. The van der Waals surface area contributed by atoms with E-state index in [9.17, 15) is 4.79 Å². The van der Waals surface area contributed by atoms with E-state index < -0.39 is 0 Å². The number of aromatic nitrogens is 1. The number of amides is 1. The van der Waals surface area contributed by atoms with Crippen LogP contribution in [0.25, 0.3) is 10.9 Å². The minimum Gasteiger partial charge on any atom is -0.381 e. The molecular formula is C21H26N2O2. The van der Waals surface area contributed by atoms with Crippen LogP contribution in [0.15, 0.2) is 24.3 Å². The van der Waals surface area contributed by atoms with Crippen LogP contribution in [-0.4, -0.2) is 42.1 Å². The summed E-state index contributed by atoms with van der Waals surface area (Å²) in [7, 11) is 0. The van der Waals surface area contributed by atoms with E-state index in [1.165, 1.54) is 5.56 Å². The summed E-state index contributed by atoms with van der Waals surface area (Å²) >= 11 is 0. The highest BCUT2D eigenvalue weighted by molar-refractivity contribution is 5.98. The fourth-order valence-corrected chi connectivity index (χ4v) is 4.38. The molecule has 4 heteroatoms. The minimum absolute atomic E-state index is 0.143. The summed E-state index contributed by atoms with van der Waals surface area (Å²) in [5.41, 5.74) is 4.29. The first kappa shape index (κ1) is 16.5. The average molecular weight is 338 g/mol. The predicted molar refractivity (Wildman–Crippen MR) is 98.8 cm³/mol. The molecule has 0 radical (unpaired) electrons. The average Bonchev–Trinajstić information content (AvgIpc) is 2.62. The van der Waals surface area contributed by atoms with Gasteiger partial charge < -0.3 is 9.64 Å². The van der Waals surface area contributed by atoms with E-state index in [0.29, 0.717) is 5.41 Å². The molecular weight excluding hydrogens is 312 g/mol. The minimum atomic E-state index is 0.143. The highest BCUT2D eigenvalue weighted by atomic mass is 16.5. The van der Waals surface area contributed by atoms with Gasteiger partial charge in [0, 0.05) is 42.9 Å². The molecule has 0 N–H and O–H groups in total. The number of likely N-dealkylation sites (tertiary alicyclic amines) is 1. The molecule has 2 fully saturated rings. The van der Waals surface area contributed by atoms with Crippen LogP contribution in [-0.2, 0) is 4.74 Å². The molecule has 1 spiro atoms. The van der Waals surface area contributed by atoms with Gasteiger partial charge in [0.15, 0.2) is 0 Å². The van der Waals surface area contributed by atoms with Gasteiger partial charge in [-0.05, 0) is 68.7 Å². The zero-order valence-electron chi connectivity index (χ0n) is 15.2. The maximum absolute atomic E-state index is 13.0. The van der Waals surface area contributed by atoms with Gasteiger partial charge in [0.1, 0.15) is 0 Å². The summed E-state index contributed by atoms with van der Waals surface area (Å²) in [5.74, 6) is 0.143. The fourth-order valence-electron chi connectivity index (χ4n) is 4.38. The largest absolute Gasteiger partial charge is 0.381 e. The first-order valence-electron chi connectivity index (χ1n) is 9.31. The van der Waals surface area contributed by atoms with Crippen LogP contribution in [0.4, 0.5) is 0 Å². The van der Waals surface area contributed by atoms with E-state index in [1.54, 1.807) is 0 Å². The second-order valence-electron chi connectivity index (χ2n) is 7.72. The number of hydrogen-bond donors (Lipinski definition) is 0. The van der Waals surface area contributed by atoms with Gasteiger partial charge in [-0.15, -0.1) is 0 Å². The SMILES string of the molecule is Cc1cc(C)c2ccc(C(=O)N3CCC4(CCOCC4)CC3)cc2n1. The Morgan fingerprint density at radius 2 is 1.80 bits per heavy atom. The molecule has 0 aliphatic carbocycles. The van der Waals surface area contributed by atoms with Crippen molar-refractivity contribution in [3.63, 3.8) is 0 Å². The molecule has 2 aromatic rings. The molecule has 0 bridgehead atoms. The van der Waals surface area contributed by atoms with E-state index in [2.05, 4.69) is 18.0 Å². The lowest BCUT2D eigenvalue weighted by atomic mass is 9.72. The van der Waals surface area contributed by atoms with E-state index in [4.69, 9.17) is 4.74 Å². The van der Waals surface area contributed by atoms with Gasteiger partial charge in [-0.3, -0.25) is 9.78 Å². The second kappa shape index (κ2) is 6.41. The number of carbonyl (C=O) groups excluding carboxylic acids is 1. The Labute approximate surface area is 149 Å². The van der Waals surface area contributed by atoms with Gasteiger partial charge in [0.25, 0.3) is 5.91 Å². The predicted octanol–water partition coefficient (Wildman–Crippen LogP) is 3.88. The van der Waals surface area contributed by atoms with Gasteiger partial charge in [-0.2, -0.15) is 0 Å². The fraction of sp³-hybridized carbons (Fsp3) is 0.524. The van der Waals surface area contributed by atoms with E-state index in [-0.39, 0.29) is 5.91 Å². The van der Waals surface area contributed by atoms with Gasteiger partial charge in [0.2, 0.25) is 0 Å². The zero-order valence-corrected chi connectivity index (χ0v) is 15.2. The topological polar surface area (TPSA) is 42.4 Å². The molecule has 25 heavy (non-hydrogen) atoms. The molecule has 3 heterocycles. The molecule has 1 aromatic carbocycles. The maximum atomic E-state index is 13.0. The Hall–Kier alpha value is -1.94. The third-order valence-corrected chi connectivity index (χ3v) is 6.06. The summed E-state index contributed by atoms with van der Waals surface area (Å²) in [6.45, 7) is 7.57. The molecule has 1 aromatic heterocycles. The lowest BCUT2D eigenvalue weighted by molar-refractivity contribution is -0.0175. The van der Waals surface area contributed by atoms with E-state index in [0.717, 1.165) is 74.1 Å². The van der Waals surface area contributed by atoms with Gasteiger partial charge in [-0.1, -0.05) is 6.07 Å². The number of fused-ring (bicyclic) bond motifs is 1. The number of hydrogen-bond acceptors (Lipinski definition) is 3. The van der Waals surface area contributed by atoms with Crippen LogP contribution in [0.2, 0.25) is 0 Å². The van der Waals surface area contributed by atoms with Gasteiger partial charge >= 0.3 is 0 Å². The van der Waals surface area contributed by atoms with Gasteiger partial charge in [-0.25, -0.2) is 0 Å². The molecule has 1 amide bonds. The first-order chi connectivity index (χ1) is 12.1. The number of aryl methyl sites for hydroxylation is 2. The number of ether oxygens (including phenoxy) is 1. The molecule has 2 aliphatic rings. The van der Waals surface area contributed by atoms with Crippen molar-refractivity contribution in [2.45, 2.75) is 39.5 Å². The molecule has 4 rings (SSSR count). The van der Waals surface area contributed by atoms with Crippen molar-refractivity contribution in [1.82, 2.24) is 9.88 Å². The van der Waals surface area contributed by atoms with Crippen LogP contribution in [0.3, 0.4) is 0 Å². The number of pyridine rings is 1.